The van der Waals surface area contributed by atoms with E-state index in [4.69, 9.17) is 11.6 Å². The van der Waals surface area contributed by atoms with Gasteiger partial charge in [0.15, 0.2) is 11.5 Å². The molecule has 0 unspecified atom stereocenters. The van der Waals surface area contributed by atoms with Gasteiger partial charge in [0.25, 0.3) is 0 Å². The minimum atomic E-state index is 0.242. The van der Waals surface area contributed by atoms with Gasteiger partial charge in [0.2, 0.25) is 5.28 Å². The van der Waals surface area contributed by atoms with Gasteiger partial charge in [0, 0.05) is 6.04 Å². The Morgan fingerprint density at radius 1 is 1.30 bits per heavy atom. The molecule has 0 radical (unpaired) electrons. The molecule has 0 bridgehead atoms. The number of nitrogens with zero attached hydrogens (tertiary/aromatic N) is 3. The second kappa shape index (κ2) is 5.95. The monoisotopic (exact) mass is 293 g/mol. The third-order valence-corrected chi connectivity index (χ3v) is 4.31. The van der Waals surface area contributed by atoms with Crippen LogP contribution in [-0.2, 0) is 0 Å². The first-order valence-corrected chi connectivity index (χ1v) is 7.77. The number of aromatic amines is 1. The molecule has 0 spiro atoms. The standard InChI is InChI=1S/C14H20ClN5/c1-2-3-9-4-6-10(7-5-9)18-13-11-12(17-8-16-11)19-14(15)20-13/h8-10H,2-7H2,1H3,(H2,16,17,18,19,20). The highest BCUT2D eigenvalue weighted by Crippen LogP contribution is 2.30. The summed E-state index contributed by atoms with van der Waals surface area (Å²) >= 11 is 5.95. The van der Waals surface area contributed by atoms with Crippen molar-refractivity contribution in [1.82, 2.24) is 19.9 Å². The number of hydrogen-bond acceptors (Lipinski definition) is 4. The van der Waals surface area contributed by atoms with Crippen molar-refractivity contribution in [3.05, 3.63) is 11.6 Å². The molecule has 2 aromatic rings. The topological polar surface area (TPSA) is 66.5 Å². The summed E-state index contributed by atoms with van der Waals surface area (Å²) in [5, 5.41) is 3.75. The predicted molar refractivity (Wildman–Crippen MR) is 81.0 cm³/mol. The van der Waals surface area contributed by atoms with Gasteiger partial charge in [-0.2, -0.15) is 9.97 Å². The van der Waals surface area contributed by atoms with Crippen molar-refractivity contribution >= 4 is 28.6 Å². The molecular formula is C14H20ClN5. The molecule has 5 nitrogen and oxygen atoms in total. The number of halogens is 1. The molecule has 1 saturated carbocycles. The molecule has 20 heavy (non-hydrogen) atoms. The number of hydrogen-bond donors (Lipinski definition) is 2. The molecule has 2 heterocycles. The fourth-order valence-corrected chi connectivity index (χ4v) is 3.27. The lowest BCUT2D eigenvalue weighted by Crippen LogP contribution is -2.26. The Morgan fingerprint density at radius 2 is 2.10 bits per heavy atom. The quantitative estimate of drug-likeness (QED) is 0.842. The number of anilines is 1. The summed E-state index contributed by atoms with van der Waals surface area (Å²) in [6, 6.07) is 0.473. The van der Waals surface area contributed by atoms with Crippen molar-refractivity contribution in [2.24, 2.45) is 5.92 Å². The third kappa shape index (κ3) is 2.87. The predicted octanol–water partition coefficient (Wildman–Crippen LogP) is 3.78. The lowest BCUT2D eigenvalue weighted by molar-refractivity contribution is 0.318. The molecule has 108 valence electrons. The summed E-state index contributed by atoms with van der Waals surface area (Å²) in [5.74, 6) is 1.68. The van der Waals surface area contributed by atoms with E-state index >= 15 is 0 Å². The molecule has 2 aromatic heterocycles. The van der Waals surface area contributed by atoms with Gasteiger partial charge in [-0.15, -0.1) is 0 Å². The van der Waals surface area contributed by atoms with Crippen LogP contribution in [0, 0.1) is 5.92 Å². The van der Waals surface area contributed by atoms with Crippen LogP contribution in [0.2, 0.25) is 5.28 Å². The molecule has 6 heteroatoms. The van der Waals surface area contributed by atoms with Gasteiger partial charge < -0.3 is 10.3 Å². The van der Waals surface area contributed by atoms with Crippen LogP contribution in [0.4, 0.5) is 5.82 Å². The summed E-state index contributed by atoms with van der Waals surface area (Å²) in [6.45, 7) is 2.27. The van der Waals surface area contributed by atoms with E-state index < -0.39 is 0 Å². The first kappa shape index (κ1) is 13.6. The Bertz CT molecular complexity index is 574. The van der Waals surface area contributed by atoms with Crippen molar-refractivity contribution in [3.63, 3.8) is 0 Å². The molecule has 1 aliphatic carbocycles. The Kier molecular flexibility index (Phi) is 4.05. The van der Waals surface area contributed by atoms with E-state index in [1.807, 2.05) is 0 Å². The average Bonchev–Trinajstić information content (AvgIpc) is 2.89. The molecule has 1 aliphatic rings. The van der Waals surface area contributed by atoms with Gasteiger partial charge >= 0.3 is 0 Å². The third-order valence-electron chi connectivity index (χ3n) is 4.14. The van der Waals surface area contributed by atoms with E-state index in [9.17, 15) is 0 Å². The van der Waals surface area contributed by atoms with Gasteiger partial charge in [-0.05, 0) is 43.2 Å². The van der Waals surface area contributed by atoms with Gasteiger partial charge in [0.05, 0.1) is 6.33 Å². The van der Waals surface area contributed by atoms with Crippen LogP contribution in [0.3, 0.4) is 0 Å². The summed E-state index contributed by atoms with van der Waals surface area (Å²) in [6.07, 6.45) is 9.27. The summed E-state index contributed by atoms with van der Waals surface area (Å²) in [7, 11) is 0. The first-order valence-electron chi connectivity index (χ1n) is 7.39. The minimum Gasteiger partial charge on any atom is -0.365 e. The van der Waals surface area contributed by atoms with E-state index in [0.717, 1.165) is 17.3 Å². The summed E-state index contributed by atoms with van der Waals surface area (Å²) < 4.78 is 0. The number of nitrogens with one attached hydrogen (secondary N) is 2. The molecule has 0 amide bonds. The largest absolute Gasteiger partial charge is 0.365 e. The Morgan fingerprint density at radius 3 is 2.85 bits per heavy atom. The average molecular weight is 294 g/mol. The smallest absolute Gasteiger partial charge is 0.226 e. The molecular weight excluding hydrogens is 274 g/mol. The van der Waals surface area contributed by atoms with Crippen LogP contribution in [-0.4, -0.2) is 26.0 Å². The van der Waals surface area contributed by atoms with E-state index in [0.29, 0.717) is 11.7 Å². The van der Waals surface area contributed by atoms with Crippen molar-refractivity contribution in [2.45, 2.75) is 51.5 Å². The van der Waals surface area contributed by atoms with Crippen LogP contribution in [0.1, 0.15) is 45.4 Å². The summed E-state index contributed by atoms with van der Waals surface area (Å²) in [5.41, 5.74) is 1.46. The normalized spacial score (nSPS) is 23.1. The highest BCUT2D eigenvalue weighted by Gasteiger charge is 2.21. The number of imidazole rings is 1. The van der Waals surface area contributed by atoms with Crippen LogP contribution in [0.5, 0.6) is 0 Å². The Balaban J connectivity index is 1.69. The van der Waals surface area contributed by atoms with Crippen LogP contribution < -0.4 is 5.32 Å². The van der Waals surface area contributed by atoms with Crippen LogP contribution in [0.25, 0.3) is 11.2 Å². The lowest BCUT2D eigenvalue weighted by atomic mass is 9.83. The molecule has 0 aromatic carbocycles. The fourth-order valence-electron chi connectivity index (χ4n) is 3.11. The molecule has 2 N–H and O–H groups in total. The van der Waals surface area contributed by atoms with E-state index in [2.05, 4.69) is 32.2 Å². The van der Waals surface area contributed by atoms with Gasteiger partial charge in [-0.25, -0.2) is 4.98 Å². The SMILES string of the molecule is CCCC1CCC(Nc2nc(Cl)nc3nc[nH]c23)CC1. The van der Waals surface area contributed by atoms with E-state index in [-0.39, 0.29) is 5.28 Å². The lowest BCUT2D eigenvalue weighted by Gasteiger charge is -2.29. The van der Waals surface area contributed by atoms with Gasteiger partial charge in [-0.3, -0.25) is 0 Å². The van der Waals surface area contributed by atoms with E-state index in [1.54, 1.807) is 6.33 Å². The zero-order valence-electron chi connectivity index (χ0n) is 11.7. The molecule has 0 atom stereocenters. The maximum absolute atomic E-state index is 5.95. The Hall–Kier alpha value is -1.36. The van der Waals surface area contributed by atoms with Crippen molar-refractivity contribution in [1.29, 1.82) is 0 Å². The molecule has 0 aliphatic heterocycles. The fraction of sp³-hybridized carbons (Fsp3) is 0.643. The van der Waals surface area contributed by atoms with Crippen molar-refractivity contribution in [2.75, 3.05) is 5.32 Å². The first-order chi connectivity index (χ1) is 9.76. The number of rotatable bonds is 4. The molecule has 1 fully saturated rings. The van der Waals surface area contributed by atoms with Crippen molar-refractivity contribution in [3.8, 4) is 0 Å². The second-order valence-corrected chi connectivity index (χ2v) is 5.93. The van der Waals surface area contributed by atoms with E-state index in [1.165, 1.54) is 38.5 Å². The van der Waals surface area contributed by atoms with Crippen LogP contribution in [0.15, 0.2) is 6.33 Å². The highest BCUT2D eigenvalue weighted by atomic mass is 35.5. The number of fused-ring (bicyclic) bond motifs is 1. The van der Waals surface area contributed by atoms with Gasteiger partial charge in [0.1, 0.15) is 5.52 Å². The zero-order chi connectivity index (χ0) is 13.9. The van der Waals surface area contributed by atoms with Gasteiger partial charge in [-0.1, -0.05) is 19.8 Å². The number of aromatic nitrogens is 4. The molecule has 0 saturated heterocycles. The Labute approximate surface area is 123 Å². The minimum absolute atomic E-state index is 0.242. The van der Waals surface area contributed by atoms with Crippen molar-refractivity contribution < 1.29 is 0 Å². The highest BCUT2D eigenvalue weighted by molar-refractivity contribution is 6.28. The maximum Gasteiger partial charge on any atom is 0.226 e. The number of H-pyrrole nitrogens is 1. The molecule has 3 rings (SSSR count). The maximum atomic E-state index is 5.95. The zero-order valence-corrected chi connectivity index (χ0v) is 12.5. The summed E-state index contributed by atoms with van der Waals surface area (Å²) in [4.78, 5) is 15.6. The second-order valence-electron chi connectivity index (χ2n) is 5.59. The van der Waals surface area contributed by atoms with Crippen LogP contribution >= 0.6 is 11.6 Å².